The van der Waals surface area contributed by atoms with Gasteiger partial charge in [-0.25, -0.2) is 8.78 Å². The molecule has 1 saturated heterocycles. The normalized spacial score (nSPS) is 23.6. The van der Waals surface area contributed by atoms with Crippen molar-refractivity contribution in [2.75, 3.05) is 19.3 Å². The second kappa shape index (κ2) is 9.72. The molecule has 0 aromatic heterocycles. The Bertz CT molecular complexity index is 861. The van der Waals surface area contributed by atoms with E-state index < -0.39 is 11.6 Å². The van der Waals surface area contributed by atoms with Gasteiger partial charge in [0.15, 0.2) is 11.6 Å². The lowest BCUT2D eigenvalue weighted by molar-refractivity contribution is -0.132. The first-order chi connectivity index (χ1) is 14.0. The van der Waals surface area contributed by atoms with E-state index in [1.807, 2.05) is 29.2 Å². The summed E-state index contributed by atoms with van der Waals surface area (Å²) in [6.45, 7) is 1.51. The maximum atomic E-state index is 13.7. The van der Waals surface area contributed by atoms with Gasteiger partial charge in [-0.2, -0.15) is 12.6 Å². The molecule has 3 atom stereocenters. The van der Waals surface area contributed by atoms with Gasteiger partial charge >= 0.3 is 0 Å². The van der Waals surface area contributed by atoms with Gasteiger partial charge in [0.2, 0.25) is 5.91 Å². The average molecular weight is 419 g/mol. The van der Waals surface area contributed by atoms with Crippen LogP contribution in [0.15, 0.2) is 42.5 Å². The largest absolute Gasteiger partial charge is 0.342 e. The van der Waals surface area contributed by atoms with Crippen molar-refractivity contribution in [2.24, 2.45) is 11.7 Å². The van der Waals surface area contributed by atoms with Gasteiger partial charge in [0.1, 0.15) is 0 Å². The van der Waals surface area contributed by atoms with Gasteiger partial charge in [0, 0.05) is 25.0 Å². The number of nitrogens with two attached hydrogens (primary N) is 1. The van der Waals surface area contributed by atoms with Crippen LogP contribution in [0.3, 0.4) is 0 Å². The van der Waals surface area contributed by atoms with Gasteiger partial charge in [-0.1, -0.05) is 30.3 Å². The quantitative estimate of drug-likeness (QED) is 0.715. The summed E-state index contributed by atoms with van der Waals surface area (Å²) < 4.78 is 27.0. The Balaban J connectivity index is 0.00000117. The summed E-state index contributed by atoms with van der Waals surface area (Å²) in [7, 11) is 0. The third-order valence-electron chi connectivity index (χ3n) is 5.78. The van der Waals surface area contributed by atoms with Gasteiger partial charge in [0.25, 0.3) is 0 Å². The lowest BCUT2D eigenvalue weighted by Crippen LogP contribution is -2.34. The molecule has 1 amide bonds. The number of nitrogens with zero attached hydrogens (tertiary/aromatic N) is 1. The minimum Gasteiger partial charge on any atom is -0.342 e. The number of carbonyl (C=O) groups is 1. The Hall–Kier alpha value is -1.92. The molecule has 6 heteroatoms. The predicted molar refractivity (Wildman–Crippen MR) is 116 cm³/mol. The fourth-order valence-electron chi connectivity index (χ4n) is 4.14. The molecule has 0 spiro atoms. The zero-order valence-electron chi connectivity index (χ0n) is 16.7. The molecule has 29 heavy (non-hydrogen) atoms. The summed E-state index contributed by atoms with van der Waals surface area (Å²) in [5.41, 5.74) is 8.57. The van der Waals surface area contributed by atoms with Crippen molar-refractivity contribution < 1.29 is 13.6 Å². The fraction of sp³-hybridized carbons (Fsp3) is 0.435. The number of carbonyl (C=O) groups excluding carboxylic acids is 1. The second-order valence-electron chi connectivity index (χ2n) is 7.68. The summed E-state index contributed by atoms with van der Waals surface area (Å²) >= 11 is 3.53. The number of thiol groups is 1. The molecule has 2 aromatic rings. The van der Waals surface area contributed by atoms with E-state index >= 15 is 0 Å². The Morgan fingerprint density at radius 2 is 1.83 bits per heavy atom. The van der Waals surface area contributed by atoms with Crippen molar-refractivity contribution in [1.82, 2.24) is 4.90 Å². The van der Waals surface area contributed by atoms with Gasteiger partial charge in [-0.15, -0.1) is 0 Å². The molecule has 2 aliphatic rings. The van der Waals surface area contributed by atoms with Crippen molar-refractivity contribution >= 4 is 18.5 Å². The summed E-state index contributed by atoms with van der Waals surface area (Å²) in [6.07, 6.45) is 5.28. The SMILES string of the molecule is CS.NC1CCCN(C(=O)C2CC2c2ccccc2-c2ccc(F)c(F)c2)CC1. The molecule has 1 aliphatic heterocycles. The van der Waals surface area contributed by atoms with Crippen LogP contribution in [-0.4, -0.2) is 36.2 Å². The molecule has 2 N–H and O–H groups in total. The van der Waals surface area contributed by atoms with Crippen LogP contribution in [0.2, 0.25) is 0 Å². The highest BCUT2D eigenvalue weighted by Gasteiger charge is 2.46. The highest BCUT2D eigenvalue weighted by Crippen LogP contribution is 2.51. The summed E-state index contributed by atoms with van der Waals surface area (Å²) in [6, 6.07) is 11.9. The van der Waals surface area contributed by atoms with E-state index in [-0.39, 0.29) is 23.8 Å². The third-order valence-corrected chi connectivity index (χ3v) is 5.78. The number of rotatable bonds is 3. The van der Waals surface area contributed by atoms with Crippen molar-refractivity contribution in [3.63, 3.8) is 0 Å². The molecule has 0 radical (unpaired) electrons. The van der Waals surface area contributed by atoms with E-state index in [2.05, 4.69) is 12.6 Å². The van der Waals surface area contributed by atoms with Crippen LogP contribution in [0.1, 0.15) is 37.2 Å². The number of hydrogen-bond acceptors (Lipinski definition) is 3. The Kier molecular flexibility index (Phi) is 7.30. The molecule has 1 saturated carbocycles. The van der Waals surface area contributed by atoms with E-state index in [0.29, 0.717) is 5.56 Å². The molecule has 2 aromatic carbocycles. The number of likely N-dealkylation sites (tertiary alicyclic amines) is 1. The van der Waals surface area contributed by atoms with Crippen molar-refractivity contribution in [3.05, 3.63) is 59.7 Å². The van der Waals surface area contributed by atoms with Crippen LogP contribution in [-0.2, 0) is 4.79 Å². The maximum absolute atomic E-state index is 13.7. The molecule has 4 rings (SSSR count). The smallest absolute Gasteiger partial charge is 0.226 e. The van der Waals surface area contributed by atoms with E-state index in [9.17, 15) is 13.6 Å². The van der Waals surface area contributed by atoms with Gasteiger partial charge in [-0.3, -0.25) is 4.79 Å². The first kappa shape index (κ1) is 21.8. The van der Waals surface area contributed by atoms with E-state index in [1.165, 1.54) is 6.07 Å². The highest BCUT2D eigenvalue weighted by atomic mass is 32.1. The van der Waals surface area contributed by atoms with Crippen LogP contribution in [0.5, 0.6) is 0 Å². The zero-order valence-corrected chi connectivity index (χ0v) is 17.5. The summed E-state index contributed by atoms with van der Waals surface area (Å²) in [5.74, 6) is -1.39. The zero-order chi connectivity index (χ0) is 21.0. The monoisotopic (exact) mass is 418 g/mol. The topological polar surface area (TPSA) is 46.3 Å². The molecule has 3 unspecified atom stereocenters. The molecule has 2 fully saturated rings. The Morgan fingerprint density at radius 1 is 1.07 bits per heavy atom. The molecule has 1 heterocycles. The number of hydrogen-bond donors (Lipinski definition) is 2. The molecule has 1 aliphatic carbocycles. The highest BCUT2D eigenvalue weighted by molar-refractivity contribution is 7.79. The fourth-order valence-corrected chi connectivity index (χ4v) is 4.14. The minimum absolute atomic E-state index is 0.0224. The predicted octanol–water partition coefficient (Wildman–Crippen LogP) is 4.62. The van der Waals surface area contributed by atoms with Crippen LogP contribution in [0.4, 0.5) is 8.78 Å². The molecule has 3 nitrogen and oxygen atoms in total. The molecular formula is C23H28F2N2OS. The lowest BCUT2D eigenvalue weighted by atomic mass is 9.95. The van der Waals surface area contributed by atoms with Gasteiger partial charge in [0.05, 0.1) is 0 Å². The summed E-state index contributed by atoms with van der Waals surface area (Å²) in [5, 5.41) is 0. The molecule has 0 bridgehead atoms. The van der Waals surface area contributed by atoms with Crippen molar-refractivity contribution in [2.45, 2.75) is 37.6 Å². The maximum Gasteiger partial charge on any atom is 0.226 e. The van der Waals surface area contributed by atoms with Crippen LogP contribution >= 0.6 is 12.6 Å². The van der Waals surface area contributed by atoms with E-state index in [1.54, 1.807) is 12.3 Å². The number of benzene rings is 2. The lowest BCUT2D eigenvalue weighted by Gasteiger charge is -2.21. The minimum atomic E-state index is -0.855. The summed E-state index contributed by atoms with van der Waals surface area (Å²) in [4.78, 5) is 14.9. The molecule has 156 valence electrons. The second-order valence-corrected chi connectivity index (χ2v) is 7.68. The Morgan fingerprint density at radius 3 is 2.59 bits per heavy atom. The van der Waals surface area contributed by atoms with Crippen molar-refractivity contribution in [3.8, 4) is 11.1 Å². The van der Waals surface area contributed by atoms with Gasteiger partial charge < -0.3 is 10.6 Å². The first-order valence-corrected chi connectivity index (χ1v) is 11.0. The van der Waals surface area contributed by atoms with Crippen LogP contribution in [0, 0.1) is 17.6 Å². The van der Waals surface area contributed by atoms with E-state index in [4.69, 9.17) is 5.73 Å². The van der Waals surface area contributed by atoms with Crippen molar-refractivity contribution in [1.29, 1.82) is 0 Å². The number of amides is 1. The molecular weight excluding hydrogens is 390 g/mol. The first-order valence-electron chi connectivity index (χ1n) is 10.1. The number of halogens is 2. The van der Waals surface area contributed by atoms with Crippen LogP contribution in [0.25, 0.3) is 11.1 Å². The third kappa shape index (κ3) is 4.98. The average Bonchev–Trinajstić information content (AvgIpc) is 3.56. The van der Waals surface area contributed by atoms with Crippen LogP contribution < -0.4 is 5.73 Å². The standard InChI is InChI=1S/C22H24F2N2O.CH4S/c23-20-8-7-14(12-21(20)24)16-5-1-2-6-17(16)18-13-19(18)22(27)26-10-3-4-15(25)9-11-26;1-2/h1-2,5-8,12,15,18-19H,3-4,9-11,13,25H2;2H,1H3. The van der Waals surface area contributed by atoms with E-state index in [0.717, 1.165) is 56.0 Å². The Labute approximate surface area is 176 Å². The van der Waals surface area contributed by atoms with Gasteiger partial charge in [-0.05, 0) is 66.7 Å².